The molecule has 0 radical (unpaired) electrons. The van der Waals surface area contributed by atoms with Gasteiger partial charge in [-0.2, -0.15) is 0 Å². The predicted molar refractivity (Wildman–Crippen MR) is 60.9 cm³/mol. The molecule has 14 heavy (non-hydrogen) atoms. The lowest BCUT2D eigenvalue weighted by molar-refractivity contribution is -0.120. The highest BCUT2D eigenvalue weighted by molar-refractivity contribution is 7.11. The maximum Gasteiger partial charge on any atom is 0.238 e. The summed E-state index contributed by atoms with van der Waals surface area (Å²) in [5, 5.41) is 2.32. The van der Waals surface area contributed by atoms with E-state index in [0.29, 0.717) is 6.54 Å². The third kappa shape index (κ3) is 3.31. The molecule has 1 heterocycles. The van der Waals surface area contributed by atoms with E-state index in [9.17, 15) is 4.79 Å². The minimum atomic E-state index is -0.458. The van der Waals surface area contributed by atoms with Crippen LogP contribution in [0.15, 0.2) is 12.1 Å². The van der Waals surface area contributed by atoms with Crippen molar-refractivity contribution in [2.24, 2.45) is 0 Å². The number of amides is 1. The highest BCUT2D eigenvalue weighted by Gasteiger charge is 2.08. The summed E-state index contributed by atoms with van der Waals surface area (Å²) in [6.07, 6.45) is 1.05. The standard InChI is InChI=1S/C10H14ClNOS/c1-3-8-4-5-9(14-8)6-12-10(13)7(2)11/h4-5,7H,3,6H2,1-2H3,(H,12,13). The van der Waals surface area contributed by atoms with Crippen molar-refractivity contribution in [3.05, 3.63) is 21.9 Å². The molecule has 78 valence electrons. The van der Waals surface area contributed by atoms with E-state index in [1.807, 2.05) is 6.07 Å². The van der Waals surface area contributed by atoms with E-state index in [-0.39, 0.29) is 5.91 Å². The van der Waals surface area contributed by atoms with Crippen LogP contribution in [-0.2, 0) is 17.8 Å². The lowest BCUT2D eigenvalue weighted by Gasteiger charge is -2.03. The van der Waals surface area contributed by atoms with E-state index in [0.717, 1.165) is 6.42 Å². The molecule has 1 aromatic rings. The summed E-state index contributed by atoms with van der Waals surface area (Å²) in [5.74, 6) is -0.113. The van der Waals surface area contributed by atoms with Crippen molar-refractivity contribution in [1.29, 1.82) is 0 Å². The molecule has 0 saturated heterocycles. The predicted octanol–water partition coefficient (Wildman–Crippen LogP) is 2.55. The van der Waals surface area contributed by atoms with Gasteiger partial charge in [-0.05, 0) is 25.5 Å². The Hall–Kier alpha value is -0.540. The summed E-state index contributed by atoms with van der Waals surface area (Å²) >= 11 is 7.35. The number of thiophene rings is 1. The molecule has 1 unspecified atom stereocenters. The summed E-state index contributed by atoms with van der Waals surface area (Å²) in [4.78, 5) is 13.7. The summed E-state index contributed by atoms with van der Waals surface area (Å²) in [6.45, 7) is 4.37. The first-order valence-corrected chi connectivity index (χ1v) is 5.88. The molecule has 0 aliphatic carbocycles. The zero-order valence-electron chi connectivity index (χ0n) is 8.34. The van der Waals surface area contributed by atoms with Gasteiger partial charge in [-0.3, -0.25) is 4.79 Å². The Bertz CT molecular complexity index is 309. The monoisotopic (exact) mass is 231 g/mol. The molecule has 2 nitrogen and oxygen atoms in total. The number of hydrogen-bond donors (Lipinski definition) is 1. The van der Waals surface area contributed by atoms with Gasteiger partial charge in [0.15, 0.2) is 0 Å². The van der Waals surface area contributed by atoms with Crippen LogP contribution >= 0.6 is 22.9 Å². The smallest absolute Gasteiger partial charge is 0.238 e. The van der Waals surface area contributed by atoms with Crippen LogP contribution in [0.5, 0.6) is 0 Å². The first-order valence-electron chi connectivity index (χ1n) is 4.63. The Morgan fingerprint density at radius 2 is 2.21 bits per heavy atom. The third-order valence-electron chi connectivity index (χ3n) is 1.86. The van der Waals surface area contributed by atoms with Gasteiger partial charge in [-0.1, -0.05) is 6.92 Å². The summed E-state index contributed by atoms with van der Waals surface area (Å²) in [6, 6.07) is 4.14. The first kappa shape index (κ1) is 11.5. The van der Waals surface area contributed by atoms with Gasteiger partial charge in [-0.15, -0.1) is 22.9 Å². The van der Waals surface area contributed by atoms with Crippen LogP contribution in [0, 0.1) is 0 Å². The van der Waals surface area contributed by atoms with Crippen LogP contribution in [0.25, 0.3) is 0 Å². The zero-order valence-corrected chi connectivity index (χ0v) is 9.91. The second-order valence-electron chi connectivity index (χ2n) is 3.06. The van der Waals surface area contributed by atoms with Gasteiger partial charge in [0.2, 0.25) is 5.91 Å². The highest BCUT2D eigenvalue weighted by Crippen LogP contribution is 2.16. The maximum atomic E-state index is 11.2. The topological polar surface area (TPSA) is 29.1 Å². The zero-order chi connectivity index (χ0) is 10.6. The number of hydrogen-bond acceptors (Lipinski definition) is 2. The molecule has 1 N–H and O–H groups in total. The maximum absolute atomic E-state index is 11.2. The van der Waals surface area contributed by atoms with Gasteiger partial charge < -0.3 is 5.32 Å². The number of nitrogens with one attached hydrogen (secondary N) is 1. The largest absolute Gasteiger partial charge is 0.350 e. The summed E-state index contributed by atoms with van der Waals surface area (Å²) in [5.41, 5.74) is 0. The Balaban J connectivity index is 2.41. The van der Waals surface area contributed by atoms with Gasteiger partial charge in [-0.25, -0.2) is 0 Å². The van der Waals surface area contributed by atoms with Gasteiger partial charge in [0.1, 0.15) is 5.38 Å². The molecule has 0 aromatic carbocycles. The van der Waals surface area contributed by atoms with Crippen molar-refractivity contribution in [3.63, 3.8) is 0 Å². The number of alkyl halides is 1. The first-order chi connectivity index (χ1) is 6.63. The normalized spacial score (nSPS) is 12.5. The lowest BCUT2D eigenvalue weighted by atomic mass is 10.3. The van der Waals surface area contributed by atoms with Crippen LogP contribution < -0.4 is 5.32 Å². The minimum absolute atomic E-state index is 0.113. The number of rotatable bonds is 4. The molecule has 1 atom stereocenters. The van der Waals surface area contributed by atoms with E-state index in [1.54, 1.807) is 18.3 Å². The Morgan fingerprint density at radius 1 is 1.57 bits per heavy atom. The van der Waals surface area contributed by atoms with Gasteiger partial charge in [0.05, 0.1) is 6.54 Å². The van der Waals surface area contributed by atoms with Gasteiger partial charge in [0, 0.05) is 9.75 Å². The lowest BCUT2D eigenvalue weighted by Crippen LogP contribution is -2.28. The van der Waals surface area contributed by atoms with Crippen LogP contribution in [0.4, 0.5) is 0 Å². The minimum Gasteiger partial charge on any atom is -0.350 e. The van der Waals surface area contributed by atoms with Crippen molar-refractivity contribution in [1.82, 2.24) is 5.32 Å². The number of halogens is 1. The SMILES string of the molecule is CCc1ccc(CNC(=O)C(C)Cl)s1. The average Bonchev–Trinajstić information content (AvgIpc) is 2.61. The molecule has 0 fully saturated rings. The molecule has 0 aliphatic heterocycles. The molecular formula is C10H14ClNOS. The van der Waals surface area contributed by atoms with Crippen molar-refractivity contribution in [2.45, 2.75) is 32.2 Å². The fraction of sp³-hybridized carbons (Fsp3) is 0.500. The number of carbonyl (C=O) groups excluding carboxylic acids is 1. The van der Waals surface area contributed by atoms with E-state index < -0.39 is 5.38 Å². The van der Waals surface area contributed by atoms with Crippen molar-refractivity contribution in [2.75, 3.05) is 0 Å². The fourth-order valence-corrected chi connectivity index (χ4v) is 2.00. The summed E-state index contributed by atoms with van der Waals surface area (Å²) < 4.78 is 0. The molecular weight excluding hydrogens is 218 g/mol. The molecule has 4 heteroatoms. The van der Waals surface area contributed by atoms with Crippen molar-refractivity contribution in [3.8, 4) is 0 Å². The molecule has 1 aromatic heterocycles. The third-order valence-corrected chi connectivity index (χ3v) is 3.29. The summed E-state index contributed by atoms with van der Waals surface area (Å²) in [7, 11) is 0. The van der Waals surface area contributed by atoms with Crippen molar-refractivity contribution >= 4 is 28.8 Å². The molecule has 1 rings (SSSR count). The second-order valence-corrected chi connectivity index (χ2v) is 4.96. The van der Waals surface area contributed by atoms with Crippen LogP contribution in [0.3, 0.4) is 0 Å². The fourth-order valence-electron chi connectivity index (χ4n) is 1.02. The molecule has 0 bridgehead atoms. The Labute approximate surface area is 93.3 Å². The quantitative estimate of drug-likeness (QED) is 0.793. The molecule has 0 saturated carbocycles. The van der Waals surface area contributed by atoms with Crippen LogP contribution in [-0.4, -0.2) is 11.3 Å². The molecule has 0 aliphatic rings. The number of aryl methyl sites for hydroxylation is 1. The van der Waals surface area contributed by atoms with E-state index >= 15 is 0 Å². The number of carbonyl (C=O) groups is 1. The van der Waals surface area contributed by atoms with Gasteiger partial charge >= 0.3 is 0 Å². The van der Waals surface area contributed by atoms with E-state index in [4.69, 9.17) is 11.6 Å². The van der Waals surface area contributed by atoms with Crippen LogP contribution in [0.2, 0.25) is 0 Å². The van der Waals surface area contributed by atoms with Crippen molar-refractivity contribution < 1.29 is 4.79 Å². The molecule has 0 spiro atoms. The Kier molecular flexibility index (Phi) is 4.42. The second kappa shape index (κ2) is 5.37. The highest BCUT2D eigenvalue weighted by atomic mass is 35.5. The Morgan fingerprint density at radius 3 is 2.71 bits per heavy atom. The van der Waals surface area contributed by atoms with Crippen LogP contribution in [0.1, 0.15) is 23.6 Å². The van der Waals surface area contributed by atoms with E-state index in [1.165, 1.54) is 9.75 Å². The van der Waals surface area contributed by atoms with Gasteiger partial charge in [0.25, 0.3) is 0 Å². The molecule has 1 amide bonds. The van der Waals surface area contributed by atoms with E-state index in [2.05, 4.69) is 18.3 Å². The average molecular weight is 232 g/mol.